The van der Waals surface area contributed by atoms with Gasteiger partial charge in [0.25, 0.3) is 0 Å². The second kappa shape index (κ2) is 6.85. The smallest absolute Gasteiger partial charge is 0.238 e. The number of halogens is 1. The van der Waals surface area contributed by atoms with Gasteiger partial charge in [0.2, 0.25) is 15.2 Å². The van der Waals surface area contributed by atoms with Crippen molar-refractivity contribution in [3.8, 4) is 0 Å². The first-order valence-corrected chi connectivity index (χ1v) is 9.75. The van der Waals surface area contributed by atoms with Crippen molar-refractivity contribution in [2.45, 2.75) is 14.1 Å². The molecule has 1 aromatic heterocycles. The lowest BCUT2D eigenvalue weighted by Gasteiger charge is -2.01. The van der Waals surface area contributed by atoms with E-state index in [1.54, 1.807) is 24.3 Å². The van der Waals surface area contributed by atoms with Crippen LogP contribution in [0.3, 0.4) is 0 Å². The summed E-state index contributed by atoms with van der Waals surface area (Å²) in [6.45, 7) is 0. The largest absolute Gasteiger partial charge is 0.330 e. The predicted octanol–water partition coefficient (Wildman–Crippen LogP) is 3.22. The SMILES string of the molecule is NS(=O)(=O)c1ccc(Sc2nnc(Nc3ccc(F)cc3)s2)cc1. The fraction of sp³-hybridized carbons (Fsp3) is 0. The van der Waals surface area contributed by atoms with Crippen molar-refractivity contribution < 1.29 is 12.8 Å². The van der Waals surface area contributed by atoms with E-state index < -0.39 is 10.0 Å². The lowest BCUT2D eigenvalue weighted by Crippen LogP contribution is -2.11. The van der Waals surface area contributed by atoms with Gasteiger partial charge in [-0.3, -0.25) is 0 Å². The minimum absolute atomic E-state index is 0.0581. The van der Waals surface area contributed by atoms with Gasteiger partial charge in [0, 0.05) is 10.6 Å². The molecule has 0 aliphatic carbocycles. The fourth-order valence-corrected chi connectivity index (χ4v) is 4.02. The summed E-state index contributed by atoms with van der Waals surface area (Å²) in [5.74, 6) is -0.308. The molecule has 0 atom stereocenters. The van der Waals surface area contributed by atoms with E-state index in [4.69, 9.17) is 5.14 Å². The number of hydrogen-bond acceptors (Lipinski definition) is 7. The van der Waals surface area contributed by atoms with Crippen molar-refractivity contribution >= 4 is 43.9 Å². The summed E-state index contributed by atoms with van der Waals surface area (Å²) < 4.78 is 36.0. The van der Waals surface area contributed by atoms with Gasteiger partial charge in [-0.15, -0.1) is 10.2 Å². The summed E-state index contributed by atoms with van der Waals surface area (Å²) in [5, 5.41) is 16.7. The molecule has 6 nitrogen and oxygen atoms in total. The molecule has 0 aliphatic heterocycles. The van der Waals surface area contributed by atoms with Gasteiger partial charge in [-0.05, 0) is 48.5 Å². The molecular formula is C14H11FN4O2S3. The average molecular weight is 382 g/mol. The van der Waals surface area contributed by atoms with Gasteiger partial charge in [-0.2, -0.15) is 0 Å². The number of anilines is 2. The number of aromatic nitrogens is 2. The molecule has 3 N–H and O–H groups in total. The highest BCUT2D eigenvalue weighted by molar-refractivity contribution is 8.01. The third-order valence-electron chi connectivity index (χ3n) is 2.86. The highest BCUT2D eigenvalue weighted by atomic mass is 32.2. The minimum atomic E-state index is -3.70. The van der Waals surface area contributed by atoms with Gasteiger partial charge in [-0.1, -0.05) is 23.1 Å². The van der Waals surface area contributed by atoms with E-state index in [-0.39, 0.29) is 10.7 Å². The van der Waals surface area contributed by atoms with E-state index in [9.17, 15) is 12.8 Å². The highest BCUT2D eigenvalue weighted by Crippen LogP contribution is 2.33. The van der Waals surface area contributed by atoms with Crippen molar-refractivity contribution in [3.05, 3.63) is 54.3 Å². The van der Waals surface area contributed by atoms with Crippen LogP contribution in [0.2, 0.25) is 0 Å². The second-order valence-corrected chi connectivity index (χ2v) is 8.48. The van der Waals surface area contributed by atoms with Crippen LogP contribution < -0.4 is 10.5 Å². The maximum Gasteiger partial charge on any atom is 0.238 e. The number of nitrogens with zero attached hydrogens (tertiary/aromatic N) is 2. The summed E-state index contributed by atoms with van der Waals surface area (Å²) in [6, 6.07) is 12.1. The minimum Gasteiger partial charge on any atom is -0.330 e. The van der Waals surface area contributed by atoms with Gasteiger partial charge in [-0.25, -0.2) is 17.9 Å². The number of sulfonamides is 1. The summed E-state index contributed by atoms with van der Waals surface area (Å²) in [4.78, 5) is 0.870. The van der Waals surface area contributed by atoms with Gasteiger partial charge in [0.1, 0.15) is 5.82 Å². The molecule has 3 rings (SSSR count). The van der Waals surface area contributed by atoms with Crippen LogP contribution in [0, 0.1) is 5.82 Å². The zero-order valence-electron chi connectivity index (χ0n) is 12.0. The van der Waals surface area contributed by atoms with Crippen molar-refractivity contribution in [1.82, 2.24) is 10.2 Å². The van der Waals surface area contributed by atoms with E-state index >= 15 is 0 Å². The van der Waals surface area contributed by atoms with Crippen LogP contribution in [0.15, 0.2) is 62.7 Å². The van der Waals surface area contributed by atoms with E-state index in [0.717, 1.165) is 4.90 Å². The third kappa shape index (κ3) is 4.29. The summed E-state index contributed by atoms with van der Waals surface area (Å²) in [7, 11) is -3.70. The Bertz CT molecular complexity index is 941. The first-order chi connectivity index (χ1) is 11.4. The molecule has 3 aromatic rings. The van der Waals surface area contributed by atoms with Crippen molar-refractivity contribution in [1.29, 1.82) is 0 Å². The summed E-state index contributed by atoms with van der Waals surface area (Å²) >= 11 is 2.68. The lowest BCUT2D eigenvalue weighted by atomic mass is 10.3. The quantitative estimate of drug-likeness (QED) is 0.703. The van der Waals surface area contributed by atoms with Gasteiger partial charge in [0.05, 0.1) is 4.90 Å². The van der Waals surface area contributed by atoms with Crippen molar-refractivity contribution in [2.75, 3.05) is 5.32 Å². The molecule has 0 fully saturated rings. The molecule has 0 amide bonds. The second-order valence-electron chi connectivity index (χ2n) is 4.62. The third-order valence-corrected chi connectivity index (χ3v) is 5.69. The lowest BCUT2D eigenvalue weighted by molar-refractivity contribution is 0.597. The Morgan fingerprint density at radius 1 is 1.04 bits per heavy atom. The number of hydrogen-bond donors (Lipinski definition) is 2. The first kappa shape index (κ1) is 16.8. The Morgan fingerprint density at radius 3 is 2.33 bits per heavy atom. The number of primary sulfonamides is 1. The molecule has 0 bridgehead atoms. The normalized spacial score (nSPS) is 11.4. The monoisotopic (exact) mass is 382 g/mol. The molecule has 24 heavy (non-hydrogen) atoms. The molecule has 124 valence electrons. The van der Waals surface area contributed by atoms with Crippen LogP contribution in [0.5, 0.6) is 0 Å². The maximum atomic E-state index is 12.9. The summed E-state index contributed by atoms with van der Waals surface area (Å²) in [6.07, 6.45) is 0. The summed E-state index contributed by atoms with van der Waals surface area (Å²) in [5.41, 5.74) is 0.710. The topological polar surface area (TPSA) is 98.0 Å². The van der Waals surface area contributed by atoms with Gasteiger partial charge in [0.15, 0.2) is 4.34 Å². The Kier molecular flexibility index (Phi) is 4.81. The number of benzene rings is 2. The Hall–Kier alpha value is -2.01. The molecule has 2 aromatic carbocycles. The Labute approximate surface area is 146 Å². The number of rotatable bonds is 5. The highest BCUT2D eigenvalue weighted by Gasteiger charge is 2.09. The predicted molar refractivity (Wildman–Crippen MR) is 91.5 cm³/mol. The number of nitrogens with two attached hydrogens (primary N) is 1. The van der Waals surface area contributed by atoms with Crippen LogP contribution in [0.4, 0.5) is 15.2 Å². The molecule has 0 aliphatic rings. The van der Waals surface area contributed by atoms with Crippen LogP contribution in [-0.4, -0.2) is 18.6 Å². The van der Waals surface area contributed by atoms with Gasteiger partial charge < -0.3 is 5.32 Å². The molecular weight excluding hydrogens is 371 g/mol. The first-order valence-electron chi connectivity index (χ1n) is 6.57. The van der Waals surface area contributed by atoms with Crippen molar-refractivity contribution in [3.63, 3.8) is 0 Å². The molecule has 0 radical (unpaired) electrons. The van der Waals surface area contributed by atoms with E-state index in [2.05, 4.69) is 15.5 Å². The van der Waals surface area contributed by atoms with Crippen LogP contribution in [0.1, 0.15) is 0 Å². The van der Waals surface area contributed by atoms with Crippen LogP contribution >= 0.6 is 23.1 Å². The van der Waals surface area contributed by atoms with Crippen LogP contribution in [0.25, 0.3) is 0 Å². The molecule has 10 heteroatoms. The van der Waals surface area contributed by atoms with Crippen molar-refractivity contribution in [2.24, 2.45) is 5.14 Å². The van der Waals surface area contributed by atoms with E-state index in [0.29, 0.717) is 15.2 Å². The van der Waals surface area contributed by atoms with E-state index in [1.165, 1.54) is 47.4 Å². The standard InChI is InChI=1S/C14H11FN4O2S3/c15-9-1-3-10(4-2-9)17-13-18-19-14(23-13)22-11-5-7-12(8-6-11)24(16,20)21/h1-8H,(H,17,18)(H2,16,20,21). The average Bonchev–Trinajstić information content (AvgIpc) is 2.96. The zero-order chi connectivity index (χ0) is 17.2. The van der Waals surface area contributed by atoms with Crippen LogP contribution in [-0.2, 0) is 10.0 Å². The maximum absolute atomic E-state index is 12.9. The molecule has 0 saturated carbocycles. The molecule has 1 heterocycles. The Balaban J connectivity index is 1.68. The zero-order valence-corrected chi connectivity index (χ0v) is 14.5. The van der Waals surface area contributed by atoms with Gasteiger partial charge >= 0.3 is 0 Å². The molecule has 0 spiro atoms. The molecule has 0 unspecified atom stereocenters. The number of nitrogens with one attached hydrogen (secondary N) is 1. The Morgan fingerprint density at radius 2 is 1.71 bits per heavy atom. The van der Waals surface area contributed by atoms with E-state index in [1.807, 2.05) is 0 Å². The fourth-order valence-electron chi connectivity index (χ4n) is 1.76. The molecule has 0 saturated heterocycles.